The third-order valence-electron chi connectivity index (χ3n) is 2.05. The van der Waals surface area contributed by atoms with E-state index in [4.69, 9.17) is 10.5 Å². The third-order valence-corrected chi connectivity index (χ3v) is 2.66. The molecule has 6 heteroatoms. The average molecular weight is 213 g/mol. The van der Waals surface area contributed by atoms with Gasteiger partial charge in [-0.25, -0.2) is 0 Å². The summed E-state index contributed by atoms with van der Waals surface area (Å²) in [6, 6.07) is 1.61. The van der Waals surface area contributed by atoms with Crippen LogP contribution in [0.5, 0.6) is 0 Å². The minimum absolute atomic E-state index is 0.0544. The monoisotopic (exact) mass is 213 g/mol. The van der Waals surface area contributed by atoms with Crippen LogP contribution in [-0.2, 0) is 4.74 Å². The number of rotatable bonds is 1. The van der Waals surface area contributed by atoms with Gasteiger partial charge in [0, 0.05) is 19.2 Å². The van der Waals surface area contributed by atoms with Crippen molar-refractivity contribution in [2.45, 2.75) is 0 Å². The summed E-state index contributed by atoms with van der Waals surface area (Å²) < 4.78 is 9.13. The fourth-order valence-corrected chi connectivity index (χ4v) is 1.82. The number of carbonyl (C=O) groups is 1. The number of morpholine rings is 1. The van der Waals surface area contributed by atoms with E-state index in [2.05, 4.69) is 4.37 Å². The van der Waals surface area contributed by atoms with Gasteiger partial charge in [-0.15, -0.1) is 0 Å². The Morgan fingerprint density at radius 3 is 2.86 bits per heavy atom. The second-order valence-electron chi connectivity index (χ2n) is 3.02. The minimum atomic E-state index is -0.0544. The first-order valence-electron chi connectivity index (χ1n) is 4.36. The van der Waals surface area contributed by atoms with Crippen LogP contribution in [0.2, 0.25) is 0 Å². The maximum absolute atomic E-state index is 11.8. The summed E-state index contributed by atoms with van der Waals surface area (Å²) >= 11 is 1.15. The van der Waals surface area contributed by atoms with E-state index in [-0.39, 0.29) is 5.91 Å². The molecule has 0 unspecified atom stereocenters. The normalized spacial score (nSPS) is 17.0. The van der Waals surface area contributed by atoms with Crippen LogP contribution in [0.1, 0.15) is 10.5 Å². The van der Waals surface area contributed by atoms with Gasteiger partial charge in [-0.05, 0) is 11.5 Å². The molecule has 76 valence electrons. The minimum Gasteiger partial charge on any atom is -0.389 e. The summed E-state index contributed by atoms with van der Waals surface area (Å²) in [6.45, 7) is 2.48. The lowest BCUT2D eigenvalue weighted by Crippen LogP contribution is -2.40. The first-order chi connectivity index (χ1) is 6.77. The molecule has 0 aliphatic carbocycles. The van der Waals surface area contributed by atoms with E-state index in [1.807, 2.05) is 0 Å². The van der Waals surface area contributed by atoms with Gasteiger partial charge in [-0.1, -0.05) is 0 Å². The molecule has 14 heavy (non-hydrogen) atoms. The fraction of sp³-hybridized carbons (Fsp3) is 0.500. The van der Waals surface area contributed by atoms with Crippen LogP contribution >= 0.6 is 11.5 Å². The van der Waals surface area contributed by atoms with Crippen LogP contribution in [0.25, 0.3) is 0 Å². The predicted molar refractivity (Wildman–Crippen MR) is 53.2 cm³/mol. The van der Waals surface area contributed by atoms with Gasteiger partial charge >= 0.3 is 0 Å². The molecule has 1 amide bonds. The number of nitrogens with zero attached hydrogens (tertiary/aromatic N) is 2. The van der Waals surface area contributed by atoms with E-state index in [0.717, 1.165) is 11.5 Å². The van der Waals surface area contributed by atoms with Gasteiger partial charge in [0.1, 0.15) is 10.7 Å². The lowest BCUT2D eigenvalue weighted by atomic mass is 10.3. The molecule has 0 spiro atoms. The first kappa shape index (κ1) is 9.42. The Kier molecular flexibility index (Phi) is 2.64. The number of hydrogen-bond donors (Lipinski definition) is 1. The van der Waals surface area contributed by atoms with Crippen LogP contribution in [0.3, 0.4) is 0 Å². The van der Waals surface area contributed by atoms with Crippen molar-refractivity contribution >= 4 is 22.4 Å². The van der Waals surface area contributed by atoms with Crippen molar-refractivity contribution in [1.82, 2.24) is 9.27 Å². The molecule has 1 aliphatic heterocycles. The van der Waals surface area contributed by atoms with Crippen molar-refractivity contribution in [3.63, 3.8) is 0 Å². The summed E-state index contributed by atoms with van der Waals surface area (Å²) in [4.78, 5) is 13.5. The molecule has 0 bridgehead atoms. The van der Waals surface area contributed by atoms with Crippen molar-refractivity contribution in [2.75, 3.05) is 32.0 Å². The average Bonchev–Trinajstić information content (AvgIpc) is 2.65. The molecule has 1 aromatic rings. The van der Waals surface area contributed by atoms with Crippen molar-refractivity contribution in [2.24, 2.45) is 0 Å². The Morgan fingerprint density at radius 2 is 2.29 bits per heavy atom. The molecule has 0 radical (unpaired) electrons. The van der Waals surface area contributed by atoms with Crippen molar-refractivity contribution < 1.29 is 9.53 Å². The number of carbonyl (C=O) groups excluding carboxylic acids is 1. The van der Waals surface area contributed by atoms with E-state index >= 15 is 0 Å². The molecule has 1 fully saturated rings. The Hall–Kier alpha value is -1.14. The van der Waals surface area contributed by atoms with E-state index in [9.17, 15) is 4.79 Å². The van der Waals surface area contributed by atoms with E-state index < -0.39 is 0 Å². The van der Waals surface area contributed by atoms with Gasteiger partial charge in [-0.3, -0.25) is 4.79 Å². The summed E-state index contributed by atoms with van der Waals surface area (Å²) in [5.74, 6) is -0.0544. The van der Waals surface area contributed by atoms with Gasteiger partial charge in [-0.2, -0.15) is 4.37 Å². The molecule has 2 rings (SSSR count). The van der Waals surface area contributed by atoms with Crippen LogP contribution in [-0.4, -0.2) is 41.5 Å². The Bertz CT molecular complexity index is 333. The molecule has 1 saturated heterocycles. The van der Waals surface area contributed by atoms with Gasteiger partial charge in [0.05, 0.1) is 13.2 Å². The molecule has 2 N–H and O–H groups in total. The Labute approximate surface area is 85.6 Å². The summed E-state index contributed by atoms with van der Waals surface area (Å²) in [6.07, 6.45) is 0. The zero-order valence-corrected chi connectivity index (χ0v) is 8.42. The number of hydrogen-bond acceptors (Lipinski definition) is 5. The van der Waals surface area contributed by atoms with Gasteiger partial charge in [0.25, 0.3) is 5.91 Å². The summed E-state index contributed by atoms with van der Waals surface area (Å²) in [5, 5.41) is 0.571. The number of ether oxygens (including phenoxy) is 1. The van der Waals surface area contributed by atoms with Crippen molar-refractivity contribution in [1.29, 1.82) is 0 Å². The van der Waals surface area contributed by atoms with Gasteiger partial charge in [0.15, 0.2) is 0 Å². The first-order valence-corrected chi connectivity index (χ1v) is 5.14. The number of anilines is 1. The molecule has 0 saturated carbocycles. The molecular weight excluding hydrogens is 202 g/mol. The van der Waals surface area contributed by atoms with Gasteiger partial charge in [0.2, 0.25) is 0 Å². The maximum atomic E-state index is 11.8. The van der Waals surface area contributed by atoms with Crippen molar-refractivity contribution in [3.05, 3.63) is 11.8 Å². The second kappa shape index (κ2) is 3.93. The smallest absolute Gasteiger partial charge is 0.273 e. The summed E-state index contributed by atoms with van der Waals surface area (Å²) in [7, 11) is 0. The van der Waals surface area contributed by atoms with Crippen LogP contribution in [0.4, 0.5) is 5.00 Å². The lowest BCUT2D eigenvalue weighted by molar-refractivity contribution is 0.0300. The van der Waals surface area contributed by atoms with Gasteiger partial charge < -0.3 is 15.4 Å². The van der Waals surface area contributed by atoms with Crippen LogP contribution in [0.15, 0.2) is 6.07 Å². The standard InChI is InChI=1S/C8H11N3O2S/c9-7-5-6(10-14-7)8(12)11-1-3-13-4-2-11/h5H,1-4,9H2. The lowest BCUT2D eigenvalue weighted by Gasteiger charge is -2.25. The Morgan fingerprint density at radius 1 is 1.57 bits per heavy atom. The third kappa shape index (κ3) is 1.85. The molecule has 0 atom stereocenters. The van der Waals surface area contributed by atoms with Crippen LogP contribution < -0.4 is 5.73 Å². The topological polar surface area (TPSA) is 68.5 Å². The fourth-order valence-electron chi connectivity index (χ4n) is 1.32. The predicted octanol–water partition coefficient (Wildman–Crippen LogP) is 0.198. The summed E-state index contributed by atoms with van der Waals surface area (Å²) in [5.41, 5.74) is 5.95. The second-order valence-corrected chi connectivity index (χ2v) is 3.86. The van der Waals surface area contributed by atoms with Crippen LogP contribution in [0, 0.1) is 0 Å². The highest BCUT2D eigenvalue weighted by Gasteiger charge is 2.20. The molecule has 1 aromatic heterocycles. The number of aromatic nitrogens is 1. The zero-order valence-electron chi connectivity index (χ0n) is 7.60. The number of nitrogens with two attached hydrogens (primary N) is 1. The SMILES string of the molecule is Nc1cc(C(=O)N2CCOCC2)ns1. The molecule has 5 nitrogen and oxygen atoms in total. The number of nitrogen functional groups attached to an aromatic ring is 1. The number of amides is 1. The molecule has 1 aliphatic rings. The van der Waals surface area contributed by atoms with E-state index in [1.54, 1.807) is 11.0 Å². The highest BCUT2D eigenvalue weighted by molar-refractivity contribution is 7.10. The highest BCUT2D eigenvalue weighted by Crippen LogP contribution is 2.14. The zero-order chi connectivity index (χ0) is 9.97. The Balaban J connectivity index is 2.07. The quantitative estimate of drug-likeness (QED) is 0.723. The van der Waals surface area contributed by atoms with Crippen molar-refractivity contribution in [3.8, 4) is 0 Å². The largest absolute Gasteiger partial charge is 0.389 e. The van der Waals surface area contributed by atoms with E-state index in [0.29, 0.717) is 37.0 Å². The highest BCUT2D eigenvalue weighted by atomic mass is 32.1. The molecule has 0 aromatic carbocycles. The molecule has 2 heterocycles. The molecular formula is C8H11N3O2S. The maximum Gasteiger partial charge on any atom is 0.273 e. The van der Waals surface area contributed by atoms with E-state index in [1.165, 1.54) is 0 Å².